The molecule has 0 aromatic heterocycles. The van der Waals surface area contributed by atoms with Crippen molar-refractivity contribution in [1.82, 2.24) is 0 Å². The molecule has 4 fully saturated rings. The van der Waals surface area contributed by atoms with Crippen LogP contribution in [0.15, 0.2) is 11.6 Å². The summed E-state index contributed by atoms with van der Waals surface area (Å²) in [5.41, 5.74) is -2.00. The lowest BCUT2D eigenvalue weighted by Gasteiger charge is -2.58. The molecule has 0 spiro atoms. The second-order valence-corrected chi connectivity index (χ2v) is 11.7. The standard InChI is InChI=1S/C25H36O6/c1-11(2)9-24-25(29)14(5)19-17(30-24)8-12(3)18(19)21(28)22(25)23(6,31-24)10-15-16(26)7-13(4)20(15)27/h7,11-12,14-19,22,26,29H,8-10H2,1-6H3/t12-,14+,15+,16-,17-,18+,19-,22-,23-,24+,25+/m0/s1. The van der Waals surface area contributed by atoms with Crippen LogP contribution >= 0.6 is 0 Å². The Kier molecular flexibility index (Phi) is 4.56. The molecule has 11 atom stereocenters. The summed E-state index contributed by atoms with van der Waals surface area (Å²) in [6.45, 7) is 11.8. The van der Waals surface area contributed by atoms with Gasteiger partial charge in [0, 0.05) is 18.3 Å². The van der Waals surface area contributed by atoms with E-state index in [4.69, 9.17) is 9.47 Å². The summed E-state index contributed by atoms with van der Waals surface area (Å²) in [5.74, 6) is -2.71. The summed E-state index contributed by atoms with van der Waals surface area (Å²) in [6, 6.07) is 0. The molecule has 0 unspecified atom stereocenters. The molecule has 2 N–H and O–H groups in total. The molecule has 2 aliphatic heterocycles. The molecule has 0 aromatic carbocycles. The quantitative estimate of drug-likeness (QED) is 0.710. The maximum atomic E-state index is 14.0. The molecule has 5 rings (SSSR count). The van der Waals surface area contributed by atoms with E-state index in [9.17, 15) is 19.8 Å². The Hall–Kier alpha value is -1.08. The number of allylic oxidation sites excluding steroid dienone is 1. The van der Waals surface area contributed by atoms with Gasteiger partial charge in [0.1, 0.15) is 11.4 Å². The fourth-order valence-electron chi connectivity index (χ4n) is 8.19. The largest absolute Gasteiger partial charge is 0.388 e. The zero-order valence-electron chi connectivity index (χ0n) is 19.4. The number of ketones is 2. The van der Waals surface area contributed by atoms with Crippen molar-refractivity contribution in [3.63, 3.8) is 0 Å². The number of aliphatic hydroxyl groups excluding tert-OH is 1. The first kappa shape index (κ1) is 21.7. The maximum Gasteiger partial charge on any atom is 0.199 e. The van der Waals surface area contributed by atoms with Crippen LogP contribution in [0.3, 0.4) is 0 Å². The molecule has 2 heterocycles. The molecule has 2 bridgehead atoms. The van der Waals surface area contributed by atoms with Gasteiger partial charge in [0.2, 0.25) is 0 Å². The number of ether oxygens (including phenoxy) is 2. The minimum absolute atomic E-state index is 0.00222. The fourth-order valence-corrected chi connectivity index (χ4v) is 8.19. The second-order valence-electron chi connectivity index (χ2n) is 11.7. The van der Waals surface area contributed by atoms with Gasteiger partial charge >= 0.3 is 0 Å². The third-order valence-electron chi connectivity index (χ3n) is 9.21. The zero-order valence-corrected chi connectivity index (χ0v) is 19.4. The Labute approximate surface area is 184 Å². The maximum absolute atomic E-state index is 14.0. The smallest absolute Gasteiger partial charge is 0.199 e. The van der Waals surface area contributed by atoms with Gasteiger partial charge in [0.05, 0.1) is 29.6 Å². The van der Waals surface area contributed by atoms with E-state index in [2.05, 4.69) is 27.7 Å². The van der Waals surface area contributed by atoms with E-state index in [0.29, 0.717) is 12.0 Å². The van der Waals surface area contributed by atoms with Crippen LogP contribution in [0.4, 0.5) is 0 Å². The lowest BCUT2D eigenvalue weighted by molar-refractivity contribution is -0.369. The van der Waals surface area contributed by atoms with Crippen molar-refractivity contribution in [2.45, 2.75) is 90.0 Å². The highest BCUT2D eigenvalue weighted by atomic mass is 16.7. The first-order valence-electron chi connectivity index (χ1n) is 11.9. The van der Waals surface area contributed by atoms with Gasteiger partial charge in [-0.1, -0.05) is 27.7 Å². The molecule has 3 aliphatic carbocycles. The number of hydrogen-bond donors (Lipinski definition) is 2. The molecule has 31 heavy (non-hydrogen) atoms. The molecule has 6 nitrogen and oxygen atoms in total. The molecule has 6 heteroatoms. The van der Waals surface area contributed by atoms with Gasteiger partial charge in [-0.25, -0.2) is 0 Å². The van der Waals surface area contributed by atoms with Crippen molar-refractivity contribution >= 4 is 11.6 Å². The third-order valence-corrected chi connectivity index (χ3v) is 9.21. The highest BCUT2D eigenvalue weighted by Crippen LogP contribution is 2.69. The number of carbonyl (C=O) groups is 2. The Morgan fingerprint density at radius 3 is 2.52 bits per heavy atom. The van der Waals surface area contributed by atoms with Gasteiger partial charge in [-0.15, -0.1) is 0 Å². The van der Waals surface area contributed by atoms with Crippen molar-refractivity contribution in [2.75, 3.05) is 0 Å². The number of aliphatic hydroxyl groups is 2. The predicted molar refractivity (Wildman–Crippen MR) is 113 cm³/mol. The van der Waals surface area contributed by atoms with Crippen LogP contribution in [-0.4, -0.2) is 51.0 Å². The zero-order chi connectivity index (χ0) is 22.7. The molecular formula is C25H36O6. The Bertz CT molecular complexity index is 864. The van der Waals surface area contributed by atoms with Crippen molar-refractivity contribution in [2.24, 2.45) is 41.4 Å². The predicted octanol–water partition coefficient (Wildman–Crippen LogP) is 2.65. The summed E-state index contributed by atoms with van der Waals surface area (Å²) in [4.78, 5) is 26.8. The average molecular weight is 433 g/mol. The van der Waals surface area contributed by atoms with E-state index in [1.54, 1.807) is 13.0 Å². The van der Waals surface area contributed by atoms with Gasteiger partial charge in [-0.2, -0.15) is 0 Å². The summed E-state index contributed by atoms with van der Waals surface area (Å²) in [5, 5.41) is 22.9. The van der Waals surface area contributed by atoms with Crippen molar-refractivity contribution in [3.05, 3.63) is 11.6 Å². The Morgan fingerprint density at radius 2 is 1.94 bits per heavy atom. The summed E-state index contributed by atoms with van der Waals surface area (Å²) >= 11 is 0. The molecule has 2 saturated heterocycles. The normalized spacial score (nSPS) is 55.3. The van der Waals surface area contributed by atoms with Crippen LogP contribution in [0.25, 0.3) is 0 Å². The first-order valence-corrected chi connectivity index (χ1v) is 11.9. The first-order chi connectivity index (χ1) is 14.4. The topological polar surface area (TPSA) is 93.1 Å². The van der Waals surface area contributed by atoms with Gasteiger partial charge in [0.15, 0.2) is 11.6 Å². The van der Waals surface area contributed by atoms with Crippen LogP contribution in [0.5, 0.6) is 0 Å². The fraction of sp³-hybridized carbons (Fsp3) is 0.840. The molecule has 0 radical (unpaired) electrons. The van der Waals surface area contributed by atoms with E-state index in [1.807, 2.05) is 6.92 Å². The van der Waals surface area contributed by atoms with E-state index in [1.165, 1.54) is 0 Å². The van der Waals surface area contributed by atoms with E-state index < -0.39 is 34.9 Å². The third kappa shape index (κ3) is 2.54. The van der Waals surface area contributed by atoms with Gasteiger partial charge in [-0.3, -0.25) is 9.59 Å². The highest BCUT2D eigenvalue weighted by Gasteiger charge is 2.82. The lowest BCUT2D eigenvalue weighted by atomic mass is 9.52. The number of rotatable bonds is 4. The van der Waals surface area contributed by atoms with E-state index in [-0.39, 0.29) is 53.7 Å². The van der Waals surface area contributed by atoms with Gasteiger partial charge < -0.3 is 19.7 Å². The van der Waals surface area contributed by atoms with Crippen LogP contribution in [0, 0.1) is 41.4 Å². The van der Waals surface area contributed by atoms with Crippen molar-refractivity contribution in [3.8, 4) is 0 Å². The molecule has 5 aliphatic rings. The number of hydrogen-bond acceptors (Lipinski definition) is 6. The monoisotopic (exact) mass is 432 g/mol. The summed E-state index contributed by atoms with van der Waals surface area (Å²) < 4.78 is 13.4. The van der Waals surface area contributed by atoms with Crippen LogP contribution in [-0.2, 0) is 19.1 Å². The van der Waals surface area contributed by atoms with E-state index >= 15 is 0 Å². The SMILES string of the molecule is CC1=C[C@H](O)[C@@H](C[C@]2(C)O[C@@]3(CC(C)C)O[C@H]4C[C@H](C)[C@H]5C(=O)[C@@H]2[C@]3(O)[C@H](C)[C@H]54)C1=O. The highest BCUT2D eigenvalue weighted by molar-refractivity contribution is 6.00. The second kappa shape index (κ2) is 6.49. The lowest BCUT2D eigenvalue weighted by Crippen LogP contribution is -2.72. The molecule has 2 saturated carbocycles. The molecule has 172 valence electrons. The van der Waals surface area contributed by atoms with E-state index in [0.717, 1.165) is 6.42 Å². The van der Waals surface area contributed by atoms with Crippen LogP contribution in [0.1, 0.15) is 60.8 Å². The Balaban J connectivity index is 1.63. The minimum Gasteiger partial charge on any atom is -0.388 e. The summed E-state index contributed by atoms with van der Waals surface area (Å²) in [6.07, 6.45) is 2.05. The van der Waals surface area contributed by atoms with Crippen LogP contribution < -0.4 is 0 Å². The Morgan fingerprint density at radius 1 is 1.26 bits per heavy atom. The van der Waals surface area contributed by atoms with Crippen molar-refractivity contribution < 1.29 is 29.3 Å². The summed E-state index contributed by atoms with van der Waals surface area (Å²) in [7, 11) is 0. The molecular weight excluding hydrogens is 396 g/mol. The van der Waals surface area contributed by atoms with Gasteiger partial charge in [0.25, 0.3) is 0 Å². The molecule has 0 amide bonds. The minimum atomic E-state index is -1.44. The van der Waals surface area contributed by atoms with Crippen molar-refractivity contribution in [1.29, 1.82) is 0 Å². The number of Topliss-reactive ketones (excluding diaryl/α,β-unsaturated/α-hetero) is 2. The van der Waals surface area contributed by atoms with Gasteiger partial charge in [-0.05, 0) is 56.1 Å². The molecule has 0 aromatic rings. The number of carbonyl (C=O) groups excluding carboxylic acids is 2. The average Bonchev–Trinajstić information content (AvgIpc) is 3.17. The van der Waals surface area contributed by atoms with Crippen LogP contribution in [0.2, 0.25) is 0 Å².